The van der Waals surface area contributed by atoms with Gasteiger partial charge in [-0.1, -0.05) is 17.7 Å². The highest BCUT2D eigenvalue weighted by molar-refractivity contribution is 7.16. The number of thiophene rings is 1. The Morgan fingerprint density at radius 3 is 2.46 bits per heavy atom. The highest BCUT2D eigenvalue weighted by Crippen LogP contribution is 2.44. The number of aliphatic hydroxyl groups is 1. The second-order valence-electron chi connectivity index (χ2n) is 6.33. The molecule has 1 N–H and O–H groups in total. The number of ketones is 1. The number of aryl methyl sites for hydroxylation is 2. The van der Waals surface area contributed by atoms with Gasteiger partial charge >= 0.3 is 5.91 Å². The first-order chi connectivity index (χ1) is 13.4. The van der Waals surface area contributed by atoms with Crippen LogP contribution in [0.3, 0.4) is 0 Å². The van der Waals surface area contributed by atoms with Crippen molar-refractivity contribution in [3.63, 3.8) is 0 Å². The van der Waals surface area contributed by atoms with Crippen molar-refractivity contribution in [3.8, 4) is 0 Å². The maximum Gasteiger partial charge on any atom is 0.301 e. The summed E-state index contributed by atoms with van der Waals surface area (Å²) in [6.07, 6.45) is 0. The van der Waals surface area contributed by atoms with Crippen molar-refractivity contribution in [1.82, 2.24) is 4.98 Å². The molecule has 1 saturated heterocycles. The Balaban J connectivity index is 1.92. The van der Waals surface area contributed by atoms with E-state index in [0.717, 1.165) is 15.4 Å². The van der Waals surface area contributed by atoms with Crippen LogP contribution in [0.15, 0.2) is 47.4 Å². The number of amides is 1. The van der Waals surface area contributed by atoms with Gasteiger partial charge < -0.3 is 5.11 Å². The van der Waals surface area contributed by atoms with Gasteiger partial charge in [0.25, 0.3) is 5.78 Å². The molecule has 1 amide bonds. The zero-order chi connectivity index (χ0) is 20.0. The minimum atomic E-state index is -0.726. The van der Waals surface area contributed by atoms with Gasteiger partial charge in [-0.3, -0.25) is 14.5 Å². The normalized spacial score (nSPS) is 18.8. The van der Waals surface area contributed by atoms with Crippen molar-refractivity contribution < 1.29 is 14.7 Å². The molecule has 0 spiro atoms. The zero-order valence-corrected chi connectivity index (χ0v) is 17.4. The number of hydrogen-bond donors (Lipinski definition) is 1. The number of carbonyl (C=O) groups is 2. The van der Waals surface area contributed by atoms with Gasteiger partial charge in [-0.25, -0.2) is 4.98 Å². The summed E-state index contributed by atoms with van der Waals surface area (Å²) in [4.78, 5) is 33.4. The number of aliphatic hydroxyl groups excluding tert-OH is 1. The molecule has 4 rings (SSSR count). The molecule has 0 unspecified atom stereocenters. The third kappa shape index (κ3) is 3.05. The molecule has 0 aliphatic carbocycles. The van der Waals surface area contributed by atoms with Crippen LogP contribution in [0.5, 0.6) is 0 Å². The van der Waals surface area contributed by atoms with Crippen molar-refractivity contribution in [2.75, 3.05) is 4.90 Å². The second kappa shape index (κ2) is 7.16. The zero-order valence-electron chi connectivity index (χ0n) is 15.0. The molecule has 2 aromatic heterocycles. The Kier molecular flexibility index (Phi) is 4.82. The number of thiazole rings is 1. The summed E-state index contributed by atoms with van der Waals surface area (Å²) in [5.74, 6) is -1.64. The topological polar surface area (TPSA) is 70.5 Å². The van der Waals surface area contributed by atoms with E-state index in [1.165, 1.54) is 27.6 Å². The predicted octanol–water partition coefficient (Wildman–Crippen LogP) is 5.10. The number of carbonyl (C=O) groups excluding carboxylic acids is 2. The lowest BCUT2D eigenvalue weighted by atomic mass is 10.00. The fraction of sp³-hybridized carbons (Fsp3) is 0.150. The number of rotatable bonds is 3. The molecule has 0 saturated carbocycles. The fourth-order valence-corrected chi connectivity index (χ4v) is 4.95. The molecule has 1 aromatic carbocycles. The Morgan fingerprint density at radius 2 is 1.89 bits per heavy atom. The van der Waals surface area contributed by atoms with Crippen molar-refractivity contribution in [1.29, 1.82) is 0 Å². The lowest BCUT2D eigenvalue weighted by Gasteiger charge is -2.21. The maximum absolute atomic E-state index is 12.9. The van der Waals surface area contributed by atoms with Crippen molar-refractivity contribution >= 4 is 56.9 Å². The Bertz CT molecular complexity index is 1080. The molecule has 0 bridgehead atoms. The van der Waals surface area contributed by atoms with Gasteiger partial charge in [0.05, 0.1) is 11.3 Å². The predicted molar refractivity (Wildman–Crippen MR) is 112 cm³/mol. The standard InChI is InChI=1S/C20H15ClN2O3S2/c1-10-11(2)28-20(22-10)23-16(14-4-3-9-27-14)15(18(25)19(23)26)17(24)12-5-7-13(21)8-6-12/h3-9,16,24H,1-2H3/b17-15+/t16-/m0/s1. The first kappa shape index (κ1) is 18.9. The number of halogens is 1. The molecular weight excluding hydrogens is 416 g/mol. The number of nitrogens with zero attached hydrogens (tertiary/aromatic N) is 2. The van der Waals surface area contributed by atoms with Gasteiger partial charge in [0, 0.05) is 20.3 Å². The van der Waals surface area contributed by atoms with Gasteiger partial charge in [-0.2, -0.15) is 0 Å². The van der Waals surface area contributed by atoms with Crippen LogP contribution >= 0.6 is 34.3 Å². The number of anilines is 1. The van der Waals surface area contributed by atoms with Gasteiger partial charge in [-0.05, 0) is 49.6 Å². The molecule has 3 aromatic rings. The van der Waals surface area contributed by atoms with E-state index in [-0.39, 0.29) is 11.3 Å². The van der Waals surface area contributed by atoms with Crippen LogP contribution in [0.1, 0.15) is 27.1 Å². The molecule has 28 heavy (non-hydrogen) atoms. The molecular formula is C20H15ClN2O3S2. The van der Waals surface area contributed by atoms with Crippen molar-refractivity contribution in [2.24, 2.45) is 0 Å². The minimum absolute atomic E-state index is 0.0558. The quantitative estimate of drug-likeness (QED) is 0.356. The summed E-state index contributed by atoms with van der Waals surface area (Å²) in [5.41, 5.74) is 1.29. The van der Waals surface area contributed by atoms with Gasteiger partial charge in [0.1, 0.15) is 11.8 Å². The van der Waals surface area contributed by atoms with Crippen LogP contribution in [0.4, 0.5) is 5.13 Å². The Labute approximate surface area is 174 Å². The molecule has 1 fully saturated rings. The average molecular weight is 431 g/mol. The van der Waals surface area contributed by atoms with Crippen LogP contribution in [0.2, 0.25) is 5.02 Å². The lowest BCUT2D eigenvalue weighted by Crippen LogP contribution is -2.29. The second-order valence-corrected chi connectivity index (χ2v) is 8.93. The minimum Gasteiger partial charge on any atom is -0.507 e. The highest BCUT2D eigenvalue weighted by atomic mass is 35.5. The molecule has 3 heterocycles. The number of aromatic nitrogens is 1. The highest BCUT2D eigenvalue weighted by Gasteiger charge is 2.48. The van der Waals surface area contributed by atoms with Crippen LogP contribution in [-0.2, 0) is 9.59 Å². The first-order valence-corrected chi connectivity index (χ1v) is 10.5. The van der Waals surface area contributed by atoms with E-state index in [2.05, 4.69) is 4.98 Å². The summed E-state index contributed by atoms with van der Waals surface area (Å²) in [5, 5.41) is 13.8. The largest absolute Gasteiger partial charge is 0.507 e. The van der Waals surface area contributed by atoms with Gasteiger partial charge in [0.2, 0.25) is 0 Å². The molecule has 1 atom stereocenters. The maximum atomic E-state index is 12.9. The van der Waals surface area contributed by atoms with E-state index in [1.807, 2.05) is 31.4 Å². The van der Waals surface area contributed by atoms with E-state index in [0.29, 0.717) is 15.7 Å². The molecule has 1 aliphatic heterocycles. The smallest absolute Gasteiger partial charge is 0.301 e. The van der Waals surface area contributed by atoms with Crippen LogP contribution in [-0.4, -0.2) is 21.8 Å². The monoisotopic (exact) mass is 430 g/mol. The number of benzene rings is 1. The van der Waals surface area contributed by atoms with Crippen LogP contribution in [0.25, 0.3) is 5.76 Å². The molecule has 142 valence electrons. The third-order valence-corrected chi connectivity index (χ3v) is 6.85. The summed E-state index contributed by atoms with van der Waals surface area (Å²) in [6.45, 7) is 3.78. The lowest BCUT2D eigenvalue weighted by molar-refractivity contribution is -0.132. The summed E-state index contributed by atoms with van der Waals surface area (Å²) >= 11 is 8.70. The number of hydrogen-bond acceptors (Lipinski definition) is 6. The summed E-state index contributed by atoms with van der Waals surface area (Å²) in [7, 11) is 0. The van der Waals surface area contributed by atoms with Crippen LogP contribution < -0.4 is 4.90 Å². The molecule has 1 aliphatic rings. The number of Topliss-reactive ketones (excluding diaryl/α,β-unsaturated/α-hetero) is 1. The summed E-state index contributed by atoms with van der Waals surface area (Å²) in [6, 6.07) is 9.46. The molecule has 0 radical (unpaired) electrons. The Morgan fingerprint density at radius 1 is 1.18 bits per heavy atom. The van der Waals surface area contributed by atoms with Crippen molar-refractivity contribution in [2.45, 2.75) is 19.9 Å². The van der Waals surface area contributed by atoms with E-state index < -0.39 is 17.7 Å². The van der Waals surface area contributed by atoms with Gasteiger partial charge in [0.15, 0.2) is 5.13 Å². The van der Waals surface area contributed by atoms with E-state index in [9.17, 15) is 14.7 Å². The fourth-order valence-electron chi connectivity index (χ4n) is 3.07. The molecule has 5 nitrogen and oxygen atoms in total. The van der Waals surface area contributed by atoms with E-state index in [4.69, 9.17) is 11.6 Å². The van der Waals surface area contributed by atoms with Crippen LogP contribution in [0, 0.1) is 13.8 Å². The van der Waals surface area contributed by atoms with Gasteiger partial charge in [-0.15, -0.1) is 22.7 Å². The molecule has 8 heteroatoms. The van der Waals surface area contributed by atoms with Crippen molar-refractivity contribution in [3.05, 3.63) is 73.4 Å². The van der Waals surface area contributed by atoms with E-state index >= 15 is 0 Å². The first-order valence-electron chi connectivity index (χ1n) is 8.43. The average Bonchev–Trinajstić information content (AvgIpc) is 3.36. The van der Waals surface area contributed by atoms with E-state index in [1.54, 1.807) is 24.3 Å². The Hall–Kier alpha value is -2.48. The third-order valence-electron chi connectivity index (χ3n) is 4.60. The summed E-state index contributed by atoms with van der Waals surface area (Å²) < 4.78 is 0. The SMILES string of the molecule is Cc1nc(N2C(=O)C(=O)/C(=C(/O)c3ccc(Cl)cc3)[C@@H]2c2cccs2)sc1C.